The molecular formula is C18H18F2N2O2S. The van der Waals surface area contributed by atoms with Crippen LogP contribution in [0.25, 0.3) is 0 Å². The van der Waals surface area contributed by atoms with Crippen molar-refractivity contribution in [3.63, 3.8) is 0 Å². The molecule has 0 bridgehead atoms. The van der Waals surface area contributed by atoms with Gasteiger partial charge >= 0.3 is 0 Å². The summed E-state index contributed by atoms with van der Waals surface area (Å²) in [6.07, 6.45) is 1.81. The first-order valence-corrected chi connectivity index (χ1v) is 8.76. The predicted molar refractivity (Wildman–Crippen MR) is 92.8 cm³/mol. The third-order valence-corrected chi connectivity index (χ3v) is 5.48. The van der Waals surface area contributed by atoms with Gasteiger partial charge in [0.05, 0.1) is 10.6 Å². The van der Waals surface area contributed by atoms with Gasteiger partial charge < -0.3 is 10.2 Å². The van der Waals surface area contributed by atoms with E-state index in [1.807, 2.05) is 6.07 Å². The van der Waals surface area contributed by atoms with E-state index in [0.29, 0.717) is 24.1 Å². The van der Waals surface area contributed by atoms with Crippen LogP contribution in [0.1, 0.15) is 26.5 Å². The second kappa shape index (κ2) is 6.92. The zero-order valence-corrected chi connectivity index (χ0v) is 14.8. The first kappa shape index (κ1) is 17.5. The molecule has 1 N–H and O–H groups in total. The third-order valence-electron chi connectivity index (χ3n) is 4.26. The number of carbonyl (C=O) groups excluding carboxylic acids is 2. The molecule has 2 amide bonds. The highest BCUT2D eigenvalue weighted by atomic mass is 32.1. The van der Waals surface area contributed by atoms with Crippen LogP contribution in [0.4, 0.5) is 14.5 Å². The number of aryl methyl sites for hydroxylation is 1. The number of nitrogens with one attached hydrogen (secondary N) is 1. The molecule has 1 unspecified atom stereocenters. The molecule has 132 valence electrons. The number of hydrogen-bond donors (Lipinski definition) is 1. The van der Waals surface area contributed by atoms with E-state index in [0.717, 1.165) is 28.6 Å². The summed E-state index contributed by atoms with van der Waals surface area (Å²) in [5.74, 6) is -1.98. The minimum Gasteiger partial charge on any atom is -0.344 e. The number of amides is 2. The molecule has 0 radical (unpaired) electrons. The summed E-state index contributed by atoms with van der Waals surface area (Å²) >= 11 is 1.46. The van der Waals surface area contributed by atoms with Gasteiger partial charge in [-0.1, -0.05) is 0 Å². The highest BCUT2D eigenvalue weighted by Crippen LogP contribution is 2.33. The SMILES string of the molecule is CN(C)C(=O)c1cc2c(s1)CCC(C(=O)Nc1cc(F)ccc1F)C2. The first-order valence-electron chi connectivity index (χ1n) is 7.94. The topological polar surface area (TPSA) is 49.4 Å². The first-order chi connectivity index (χ1) is 11.8. The van der Waals surface area contributed by atoms with Gasteiger partial charge in [0, 0.05) is 31.0 Å². The smallest absolute Gasteiger partial charge is 0.263 e. The molecule has 7 heteroatoms. The van der Waals surface area contributed by atoms with E-state index in [-0.39, 0.29) is 23.4 Å². The van der Waals surface area contributed by atoms with Crippen molar-refractivity contribution in [3.05, 3.63) is 51.2 Å². The third kappa shape index (κ3) is 3.71. The molecule has 1 atom stereocenters. The van der Waals surface area contributed by atoms with Crippen molar-refractivity contribution in [1.82, 2.24) is 4.90 Å². The van der Waals surface area contributed by atoms with Gasteiger partial charge in [-0.25, -0.2) is 8.78 Å². The molecule has 2 aromatic rings. The Kier molecular flexibility index (Phi) is 4.85. The Balaban J connectivity index is 1.73. The lowest BCUT2D eigenvalue weighted by Crippen LogP contribution is -2.28. The number of anilines is 1. The fourth-order valence-corrected chi connectivity index (χ4v) is 4.13. The number of thiophene rings is 1. The van der Waals surface area contributed by atoms with E-state index >= 15 is 0 Å². The highest BCUT2D eigenvalue weighted by molar-refractivity contribution is 7.14. The Morgan fingerprint density at radius 2 is 2.00 bits per heavy atom. The lowest BCUT2D eigenvalue weighted by Gasteiger charge is -2.21. The molecule has 0 saturated carbocycles. The molecule has 4 nitrogen and oxygen atoms in total. The van der Waals surface area contributed by atoms with Crippen LogP contribution in [0.5, 0.6) is 0 Å². The van der Waals surface area contributed by atoms with E-state index in [4.69, 9.17) is 0 Å². The van der Waals surface area contributed by atoms with Crippen LogP contribution >= 0.6 is 11.3 Å². The van der Waals surface area contributed by atoms with Crippen molar-refractivity contribution in [2.24, 2.45) is 5.92 Å². The highest BCUT2D eigenvalue weighted by Gasteiger charge is 2.28. The van der Waals surface area contributed by atoms with Crippen LogP contribution < -0.4 is 5.32 Å². The molecule has 0 spiro atoms. The Bertz CT molecular complexity index is 832. The van der Waals surface area contributed by atoms with Gasteiger partial charge in [-0.15, -0.1) is 11.3 Å². The molecule has 0 saturated heterocycles. The van der Waals surface area contributed by atoms with E-state index in [1.165, 1.54) is 16.2 Å². The number of benzene rings is 1. The van der Waals surface area contributed by atoms with E-state index < -0.39 is 11.6 Å². The largest absolute Gasteiger partial charge is 0.344 e. The van der Waals surface area contributed by atoms with Crippen molar-refractivity contribution >= 4 is 28.8 Å². The van der Waals surface area contributed by atoms with Gasteiger partial charge in [-0.2, -0.15) is 0 Å². The fourth-order valence-electron chi connectivity index (χ4n) is 2.90. The van der Waals surface area contributed by atoms with Crippen molar-refractivity contribution in [1.29, 1.82) is 0 Å². The van der Waals surface area contributed by atoms with Crippen molar-refractivity contribution in [3.8, 4) is 0 Å². The molecule has 1 aliphatic carbocycles. The van der Waals surface area contributed by atoms with Gasteiger partial charge in [0.25, 0.3) is 5.91 Å². The zero-order chi connectivity index (χ0) is 18.1. The maximum Gasteiger partial charge on any atom is 0.263 e. The minimum atomic E-state index is -0.666. The number of fused-ring (bicyclic) bond motifs is 1. The second-order valence-corrected chi connectivity index (χ2v) is 7.45. The van der Waals surface area contributed by atoms with Crippen LogP contribution in [0.3, 0.4) is 0 Å². The standard InChI is InChI=1S/C18H18F2N2O2S/c1-22(2)18(24)16-8-11-7-10(3-6-15(11)25-16)17(23)21-14-9-12(19)4-5-13(14)20/h4-5,8-10H,3,6-7H2,1-2H3,(H,21,23). The number of hydrogen-bond acceptors (Lipinski definition) is 3. The summed E-state index contributed by atoms with van der Waals surface area (Å²) in [7, 11) is 3.40. The lowest BCUT2D eigenvalue weighted by atomic mass is 9.87. The Labute approximate surface area is 148 Å². The average Bonchev–Trinajstić information content (AvgIpc) is 3.00. The fraction of sp³-hybridized carbons (Fsp3) is 0.333. The molecule has 0 fully saturated rings. The molecule has 3 rings (SSSR count). The maximum absolute atomic E-state index is 13.7. The van der Waals surface area contributed by atoms with Gasteiger partial charge in [0.2, 0.25) is 5.91 Å². The van der Waals surface area contributed by atoms with Crippen LogP contribution in [-0.4, -0.2) is 30.8 Å². The molecule has 1 aromatic heterocycles. The number of halogens is 2. The van der Waals surface area contributed by atoms with Crippen molar-refractivity contribution < 1.29 is 18.4 Å². The van der Waals surface area contributed by atoms with Gasteiger partial charge in [0.15, 0.2) is 0 Å². The van der Waals surface area contributed by atoms with Crippen molar-refractivity contribution in [2.45, 2.75) is 19.3 Å². The number of carbonyl (C=O) groups is 2. The molecule has 1 aliphatic rings. The normalized spacial score (nSPS) is 16.2. The Morgan fingerprint density at radius 3 is 2.72 bits per heavy atom. The van der Waals surface area contributed by atoms with Gasteiger partial charge in [0.1, 0.15) is 11.6 Å². The van der Waals surface area contributed by atoms with E-state index in [1.54, 1.807) is 14.1 Å². The summed E-state index contributed by atoms with van der Waals surface area (Å²) in [5.41, 5.74) is 0.839. The van der Waals surface area contributed by atoms with Crippen molar-refractivity contribution in [2.75, 3.05) is 19.4 Å². The van der Waals surface area contributed by atoms with Gasteiger partial charge in [-0.3, -0.25) is 9.59 Å². The summed E-state index contributed by atoms with van der Waals surface area (Å²) in [4.78, 5) is 27.8. The predicted octanol–water partition coefficient (Wildman–Crippen LogP) is 3.47. The van der Waals surface area contributed by atoms with E-state index in [2.05, 4.69) is 5.32 Å². The number of rotatable bonds is 3. The summed E-state index contributed by atoms with van der Waals surface area (Å²) in [6, 6.07) is 4.80. The quantitative estimate of drug-likeness (QED) is 0.907. The zero-order valence-electron chi connectivity index (χ0n) is 13.9. The van der Waals surface area contributed by atoms with Crippen LogP contribution in [0.15, 0.2) is 24.3 Å². The Morgan fingerprint density at radius 1 is 1.24 bits per heavy atom. The molecule has 1 aromatic carbocycles. The molecular weight excluding hydrogens is 346 g/mol. The van der Waals surface area contributed by atoms with Crippen LogP contribution in [0.2, 0.25) is 0 Å². The molecule has 1 heterocycles. The molecule has 25 heavy (non-hydrogen) atoms. The van der Waals surface area contributed by atoms with Crippen LogP contribution in [0, 0.1) is 17.6 Å². The Hall–Kier alpha value is -2.28. The second-order valence-electron chi connectivity index (χ2n) is 6.31. The van der Waals surface area contributed by atoms with Gasteiger partial charge in [-0.05, 0) is 43.0 Å². The average molecular weight is 364 g/mol. The van der Waals surface area contributed by atoms with E-state index in [9.17, 15) is 18.4 Å². The summed E-state index contributed by atoms with van der Waals surface area (Å²) in [5, 5.41) is 2.47. The monoisotopic (exact) mass is 364 g/mol. The lowest BCUT2D eigenvalue weighted by molar-refractivity contribution is -0.120. The minimum absolute atomic E-state index is 0.0535. The van der Waals surface area contributed by atoms with Crippen LogP contribution in [-0.2, 0) is 17.6 Å². The number of nitrogens with zero attached hydrogens (tertiary/aromatic N) is 1. The summed E-state index contributed by atoms with van der Waals surface area (Å²) < 4.78 is 26.9. The maximum atomic E-state index is 13.7. The summed E-state index contributed by atoms with van der Waals surface area (Å²) in [6.45, 7) is 0. The molecule has 0 aliphatic heterocycles.